The number of piperidine rings is 1. The molecule has 1 aliphatic carbocycles. The Morgan fingerprint density at radius 3 is 2.95 bits per heavy atom. The third-order valence-electron chi connectivity index (χ3n) is 4.12. The van der Waals surface area contributed by atoms with E-state index < -0.39 is 0 Å². The molecule has 0 aromatic carbocycles. The second kappa shape index (κ2) is 6.14. The predicted molar refractivity (Wildman–Crippen MR) is 80.6 cm³/mol. The van der Waals surface area contributed by atoms with Gasteiger partial charge in [-0.15, -0.1) is 11.3 Å². The molecular weight excluding hydrogens is 272 g/mol. The molecule has 1 unspecified atom stereocenters. The van der Waals surface area contributed by atoms with Gasteiger partial charge in [0, 0.05) is 18.6 Å². The van der Waals surface area contributed by atoms with Crippen molar-refractivity contribution in [1.82, 2.24) is 10.2 Å². The summed E-state index contributed by atoms with van der Waals surface area (Å²) in [5.41, 5.74) is 0. The average molecular weight is 294 g/mol. The van der Waals surface area contributed by atoms with Gasteiger partial charge >= 0.3 is 0 Å². The number of hydrogen-bond acceptors (Lipinski definition) is 4. The van der Waals surface area contributed by atoms with Gasteiger partial charge in [-0.3, -0.25) is 4.79 Å². The molecule has 1 amide bonds. The van der Waals surface area contributed by atoms with Crippen LogP contribution in [0.3, 0.4) is 0 Å². The average Bonchev–Trinajstić information content (AvgIpc) is 3.21. The Morgan fingerprint density at radius 2 is 2.30 bits per heavy atom. The van der Waals surface area contributed by atoms with E-state index in [1.165, 1.54) is 30.6 Å². The summed E-state index contributed by atoms with van der Waals surface area (Å²) in [6.45, 7) is 1.92. The van der Waals surface area contributed by atoms with Crippen molar-refractivity contribution in [3.63, 3.8) is 0 Å². The topological polar surface area (TPSA) is 41.6 Å². The highest BCUT2D eigenvalue weighted by Crippen LogP contribution is 2.33. The van der Waals surface area contributed by atoms with Crippen LogP contribution in [0.4, 0.5) is 0 Å². The van der Waals surface area contributed by atoms with Crippen LogP contribution in [0.15, 0.2) is 11.4 Å². The van der Waals surface area contributed by atoms with E-state index in [0.717, 1.165) is 30.8 Å². The van der Waals surface area contributed by atoms with E-state index in [1.54, 1.807) is 7.11 Å². The highest BCUT2D eigenvalue weighted by molar-refractivity contribution is 7.12. The Bertz CT molecular complexity index is 464. The molecule has 0 radical (unpaired) electrons. The fourth-order valence-corrected chi connectivity index (χ4v) is 3.66. The number of rotatable bonds is 5. The highest BCUT2D eigenvalue weighted by Gasteiger charge is 2.36. The summed E-state index contributed by atoms with van der Waals surface area (Å²) in [5, 5.41) is 5.47. The van der Waals surface area contributed by atoms with Gasteiger partial charge in [-0.1, -0.05) is 6.42 Å². The third kappa shape index (κ3) is 2.99. The Labute approximate surface area is 124 Å². The summed E-state index contributed by atoms with van der Waals surface area (Å²) >= 11 is 1.48. The monoisotopic (exact) mass is 294 g/mol. The molecule has 2 heterocycles. The fourth-order valence-electron chi connectivity index (χ4n) is 2.85. The molecule has 0 bridgehead atoms. The number of carbonyl (C=O) groups is 1. The maximum atomic E-state index is 12.8. The Kier molecular flexibility index (Phi) is 4.27. The first-order valence-electron chi connectivity index (χ1n) is 7.45. The number of hydrogen-bond donors (Lipinski definition) is 1. The van der Waals surface area contributed by atoms with Gasteiger partial charge in [0.1, 0.15) is 10.6 Å². The Hall–Kier alpha value is -1.07. The quantitative estimate of drug-likeness (QED) is 0.907. The Morgan fingerprint density at radius 1 is 1.45 bits per heavy atom. The van der Waals surface area contributed by atoms with E-state index in [1.807, 2.05) is 11.4 Å². The van der Waals surface area contributed by atoms with Crippen LogP contribution in [0.2, 0.25) is 0 Å². The standard InChI is InChI=1S/C15H22N2O2S/c1-19-13-7-9-20-14(13)15(18)17(12-5-6-12)10-11-4-2-3-8-16-11/h7,9,11-12,16H,2-6,8,10H2,1H3. The van der Waals surface area contributed by atoms with Crippen molar-refractivity contribution in [2.45, 2.75) is 44.2 Å². The van der Waals surface area contributed by atoms with Gasteiger partial charge in [-0.05, 0) is 43.7 Å². The number of ether oxygens (including phenoxy) is 1. The van der Waals surface area contributed by atoms with Crippen LogP contribution in [0.5, 0.6) is 5.75 Å². The van der Waals surface area contributed by atoms with Gasteiger partial charge in [0.15, 0.2) is 0 Å². The first kappa shape index (κ1) is 13.9. The zero-order valence-corrected chi connectivity index (χ0v) is 12.7. The zero-order chi connectivity index (χ0) is 13.9. The Balaban J connectivity index is 1.71. The summed E-state index contributed by atoms with van der Waals surface area (Å²) in [4.78, 5) is 15.6. The number of nitrogens with zero attached hydrogens (tertiary/aromatic N) is 1. The molecule has 1 atom stereocenters. The molecule has 2 fully saturated rings. The van der Waals surface area contributed by atoms with Crippen molar-refractivity contribution in [1.29, 1.82) is 0 Å². The van der Waals surface area contributed by atoms with E-state index >= 15 is 0 Å². The van der Waals surface area contributed by atoms with Crippen LogP contribution >= 0.6 is 11.3 Å². The van der Waals surface area contributed by atoms with E-state index in [2.05, 4.69) is 10.2 Å². The molecule has 1 N–H and O–H groups in total. The number of nitrogens with one attached hydrogen (secondary N) is 1. The second-order valence-electron chi connectivity index (χ2n) is 5.65. The van der Waals surface area contributed by atoms with Gasteiger partial charge in [-0.2, -0.15) is 0 Å². The van der Waals surface area contributed by atoms with Crippen molar-refractivity contribution in [3.05, 3.63) is 16.3 Å². The van der Waals surface area contributed by atoms with Gasteiger partial charge in [0.05, 0.1) is 7.11 Å². The molecule has 5 heteroatoms. The molecule has 0 spiro atoms. The van der Waals surface area contributed by atoms with Crippen molar-refractivity contribution in [3.8, 4) is 5.75 Å². The lowest BCUT2D eigenvalue weighted by Crippen LogP contribution is -2.46. The number of amides is 1. The number of methoxy groups -OCH3 is 1. The van der Waals surface area contributed by atoms with Crippen molar-refractivity contribution < 1.29 is 9.53 Å². The molecule has 1 aromatic heterocycles. The lowest BCUT2D eigenvalue weighted by molar-refractivity contribution is 0.0720. The summed E-state index contributed by atoms with van der Waals surface area (Å²) in [6, 6.07) is 2.78. The zero-order valence-electron chi connectivity index (χ0n) is 11.9. The van der Waals surface area contributed by atoms with Crippen LogP contribution in [-0.4, -0.2) is 43.1 Å². The van der Waals surface area contributed by atoms with Crippen molar-refractivity contribution in [2.24, 2.45) is 0 Å². The smallest absolute Gasteiger partial charge is 0.268 e. The van der Waals surface area contributed by atoms with Crippen molar-refractivity contribution >= 4 is 17.2 Å². The molecule has 1 aromatic rings. The summed E-state index contributed by atoms with van der Waals surface area (Å²) in [6.07, 6.45) is 6.00. The maximum Gasteiger partial charge on any atom is 0.268 e. The number of thiophene rings is 1. The molecule has 110 valence electrons. The fraction of sp³-hybridized carbons (Fsp3) is 0.667. The second-order valence-corrected chi connectivity index (χ2v) is 6.57. The molecule has 1 saturated carbocycles. The van der Waals surface area contributed by atoms with Crippen molar-refractivity contribution in [2.75, 3.05) is 20.2 Å². The summed E-state index contributed by atoms with van der Waals surface area (Å²) in [5.74, 6) is 0.856. The minimum atomic E-state index is 0.145. The lowest BCUT2D eigenvalue weighted by Gasteiger charge is -2.30. The largest absolute Gasteiger partial charge is 0.495 e. The van der Waals surface area contributed by atoms with Gasteiger partial charge in [0.25, 0.3) is 5.91 Å². The van der Waals surface area contributed by atoms with Crippen LogP contribution in [-0.2, 0) is 0 Å². The highest BCUT2D eigenvalue weighted by atomic mass is 32.1. The van der Waals surface area contributed by atoms with Gasteiger partial charge in [-0.25, -0.2) is 0 Å². The molecule has 3 rings (SSSR count). The summed E-state index contributed by atoms with van der Waals surface area (Å²) < 4.78 is 5.29. The maximum absolute atomic E-state index is 12.8. The molecular formula is C15H22N2O2S. The number of carbonyl (C=O) groups excluding carboxylic acids is 1. The van der Waals surface area contributed by atoms with Crippen LogP contribution in [0.25, 0.3) is 0 Å². The van der Waals surface area contributed by atoms with E-state index in [4.69, 9.17) is 4.74 Å². The van der Waals surface area contributed by atoms with E-state index in [-0.39, 0.29) is 5.91 Å². The lowest BCUT2D eigenvalue weighted by atomic mass is 10.0. The van der Waals surface area contributed by atoms with Gasteiger partial charge < -0.3 is 15.0 Å². The van der Waals surface area contributed by atoms with E-state index in [0.29, 0.717) is 17.8 Å². The third-order valence-corrected chi connectivity index (χ3v) is 5.00. The normalized spacial score (nSPS) is 22.6. The van der Waals surface area contributed by atoms with E-state index in [9.17, 15) is 4.79 Å². The molecule has 4 nitrogen and oxygen atoms in total. The molecule has 1 aliphatic heterocycles. The van der Waals surface area contributed by atoms with Crippen LogP contribution < -0.4 is 10.1 Å². The minimum Gasteiger partial charge on any atom is -0.495 e. The van der Waals surface area contributed by atoms with Crippen LogP contribution in [0.1, 0.15) is 41.8 Å². The minimum absolute atomic E-state index is 0.145. The first-order chi connectivity index (χ1) is 9.79. The van der Waals surface area contributed by atoms with Gasteiger partial charge in [0.2, 0.25) is 0 Å². The molecule has 20 heavy (non-hydrogen) atoms. The summed E-state index contributed by atoms with van der Waals surface area (Å²) in [7, 11) is 1.63. The predicted octanol–water partition coefficient (Wildman–Crippen LogP) is 2.50. The first-order valence-corrected chi connectivity index (χ1v) is 8.33. The SMILES string of the molecule is COc1ccsc1C(=O)N(CC1CCCCN1)C1CC1. The molecule has 2 aliphatic rings. The molecule has 1 saturated heterocycles. The van der Waals surface area contributed by atoms with Crippen LogP contribution in [0, 0.1) is 0 Å².